The predicted octanol–water partition coefficient (Wildman–Crippen LogP) is 1.59. The Kier molecular flexibility index (Phi) is 4.33. The Hall–Kier alpha value is -1.06. The molecule has 0 aliphatic carbocycles. The highest BCUT2D eigenvalue weighted by Crippen LogP contribution is 2.21. The maximum Gasteiger partial charge on any atom is 0.313 e. The molecule has 1 rings (SSSR count). The molecule has 0 aromatic heterocycles. The molecule has 4 nitrogen and oxygen atoms in total. The van der Waals surface area contributed by atoms with Crippen LogP contribution in [-0.2, 0) is 14.3 Å². The smallest absolute Gasteiger partial charge is 0.313 e. The van der Waals surface area contributed by atoms with Crippen molar-refractivity contribution in [2.45, 2.75) is 39.5 Å². The van der Waals surface area contributed by atoms with Gasteiger partial charge < -0.3 is 9.64 Å². The molecule has 0 aromatic rings. The van der Waals surface area contributed by atoms with E-state index in [-0.39, 0.29) is 11.9 Å². The summed E-state index contributed by atoms with van der Waals surface area (Å²) in [5.41, 5.74) is -0.616. The van der Waals surface area contributed by atoms with Gasteiger partial charge in [0.15, 0.2) is 0 Å². The van der Waals surface area contributed by atoms with Crippen LogP contribution in [0.5, 0.6) is 0 Å². The number of amides is 1. The zero-order chi connectivity index (χ0) is 12.2. The van der Waals surface area contributed by atoms with E-state index in [1.807, 2.05) is 13.8 Å². The highest BCUT2D eigenvalue weighted by molar-refractivity contribution is 5.79. The molecule has 0 aromatic carbocycles. The van der Waals surface area contributed by atoms with E-state index >= 15 is 0 Å². The average Bonchev–Trinajstić information content (AvgIpc) is 2.43. The summed E-state index contributed by atoms with van der Waals surface area (Å²) in [7, 11) is 1.38. The Balaban J connectivity index is 2.63. The normalized spacial score (nSPS) is 18.2. The Labute approximate surface area is 96.9 Å². The highest BCUT2D eigenvalue weighted by Gasteiger charge is 2.33. The predicted molar refractivity (Wildman–Crippen MR) is 60.8 cm³/mol. The van der Waals surface area contributed by atoms with Crippen molar-refractivity contribution in [2.75, 3.05) is 20.2 Å². The van der Waals surface area contributed by atoms with Crippen molar-refractivity contribution in [1.29, 1.82) is 0 Å². The molecule has 0 spiro atoms. The van der Waals surface area contributed by atoms with Crippen LogP contribution in [0.25, 0.3) is 0 Å². The second-order valence-corrected chi connectivity index (χ2v) is 5.00. The monoisotopic (exact) mass is 227 g/mol. The molecule has 0 saturated carbocycles. The summed E-state index contributed by atoms with van der Waals surface area (Å²) in [6, 6.07) is 0. The maximum atomic E-state index is 11.8. The topological polar surface area (TPSA) is 46.6 Å². The number of rotatable bonds is 3. The summed E-state index contributed by atoms with van der Waals surface area (Å²) < 4.78 is 4.75. The highest BCUT2D eigenvalue weighted by atomic mass is 16.5. The fourth-order valence-corrected chi connectivity index (χ4v) is 2.02. The molecule has 0 bridgehead atoms. The van der Waals surface area contributed by atoms with Crippen LogP contribution in [0.1, 0.15) is 39.5 Å². The lowest BCUT2D eigenvalue weighted by Crippen LogP contribution is -2.42. The summed E-state index contributed by atoms with van der Waals surface area (Å²) in [5.74, 6) is -0.0981. The molecule has 0 unspecified atom stereocenters. The molecule has 92 valence electrons. The Morgan fingerprint density at radius 3 is 2.69 bits per heavy atom. The minimum absolute atomic E-state index is 0.162. The number of carbonyl (C=O) groups excluding carboxylic acids is 2. The van der Waals surface area contributed by atoms with Gasteiger partial charge in [-0.3, -0.25) is 9.59 Å². The summed E-state index contributed by atoms with van der Waals surface area (Å²) >= 11 is 0. The first-order chi connectivity index (χ1) is 7.47. The number of likely N-dealkylation sites (tertiary alicyclic amines) is 1. The summed E-state index contributed by atoms with van der Waals surface area (Å²) in [6.45, 7) is 4.85. The van der Waals surface area contributed by atoms with Crippen molar-refractivity contribution < 1.29 is 14.3 Å². The van der Waals surface area contributed by atoms with Gasteiger partial charge in [-0.25, -0.2) is 0 Å². The van der Waals surface area contributed by atoms with Crippen molar-refractivity contribution in [3.63, 3.8) is 0 Å². The van der Waals surface area contributed by atoms with Crippen LogP contribution in [0.15, 0.2) is 0 Å². The van der Waals surface area contributed by atoms with E-state index in [4.69, 9.17) is 4.74 Å². The maximum absolute atomic E-state index is 11.8. The molecule has 1 aliphatic rings. The third kappa shape index (κ3) is 3.22. The third-order valence-electron chi connectivity index (χ3n) is 3.00. The SMILES string of the molecule is COC(=O)C(C)(C)CN1CCCCCC1=O. The van der Waals surface area contributed by atoms with Crippen LogP contribution in [0, 0.1) is 5.41 Å². The lowest BCUT2D eigenvalue weighted by atomic mass is 9.93. The second kappa shape index (κ2) is 5.32. The van der Waals surface area contributed by atoms with Crippen molar-refractivity contribution in [1.82, 2.24) is 4.90 Å². The van der Waals surface area contributed by atoms with E-state index in [1.54, 1.807) is 4.90 Å². The van der Waals surface area contributed by atoms with Gasteiger partial charge in [-0.1, -0.05) is 6.42 Å². The first-order valence-corrected chi connectivity index (χ1v) is 5.83. The number of methoxy groups -OCH3 is 1. The average molecular weight is 227 g/mol. The molecule has 1 fully saturated rings. The van der Waals surface area contributed by atoms with Gasteiger partial charge in [-0.05, 0) is 26.7 Å². The molecule has 1 saturated heterocycles. The van der Waals surface area contributed by atoms with E-state index in [9.17, 15) is 9.59 Å². The summed E-state index contributed by atoms with van der Waals surface area (Å²) in [5, 5.41) is 0. The van der Waals surface area contributed by atoms with Crippen molar-refractivity contribution >= 4 is 11.9 Å². The Morgan fingerprint density at radius 1 is 1.38 bits per heavy atom. The second-order valence-electron chi connectivity index (χ2n) is 5.00. The molecular formula is C12H21NO3. The van der Waals surface area contributed by atoms with Crippen LogP contribution in [0.3, 0.4) is 0 Å². The van der Waals surface area contributed by atoms with Crippen LogP contribution in [0.2, 0.25) is 0 Å². The fraction of sp³-hybridized carbons (Fsp3) is 0.833. The van der Waals surface area contributed by atoms with Gasteiger partial charge in [0.1, 0.15) is 0 Å². The molecule has 0 N–H and O–H groups in total. The van der Waals surface area contributed by atoms with E-state index in [2.05, 4.69) is 0 Å². The standard InChI is InChI=1S/C12H21NO3/c1-12(2,11(15)16-3)9-13-8-6-4-5-7-10(13)14/h4-9H2,1-3H3. The first-order valence-electron chi connectivity index (χ1n) is 5.83. The lowest BCUT2D eigenvalue weighted by molar-refractivity contribution is -0.152. The Morgan fingerprint density at radius 2 is 2.06 bits per heavy atom. The van der Waals surface area contributed by atoms with Gasteiger partial charge in [0.05, 0.1) is 12.5 Å². The van der Waals surface area contributed by atoms with Crippen molar-refractivity contribution in [3.05, 3.63) is 0 Å². The molecule has 1 heterocycles. The third-order valence-corrected chi connectivity index (χ3v) is 3.00. The molecular weight excluding hydrogens is 206 g/mol. The fourth-order valence-electron chi connectivity index (χ4n) is 2.02. The molecule has 0 atom stereocenters. The van der Waals surface area contributed by atoms with Crippen LogP contribution in [0.4, 0.5) is 0 Å². The molecule has 4 heteroatoms. The van der Waals surface area contributed by atoms with Crippen LogP contribution in [-0.4, -0.2) is 37.0 Å². The van der Waals surface area contributed by atoms with Gasteiger partial charge >= 0.3 is 5.97 Å². The molecule has 1 aliphatic heterocycles. The van der Waals surface area contributed by atoms with E-state index in [1.165, 1.54) is 7.11 Å². The number of nitrogens with zero attached hydrogens (tertiary/aromatic N) is 1. The molecule has 16 heavy (non-hydrogen) atoms. The van der Waals surface area contributed by atoms with E-state index in [0.29, 0.717) is 13.0 Å². The zero-order valence-corrected chi connectivity index (χ0v) is 10.4. The van der Waals surface area contributed by atoms with Crippen molar-refractivity contribution in [3.8, 4) is 0 Å². The lowest BCUT2D eigenvalue weighted by Gasteiger charge is -2.29. The number of ether oxygens (including phenoxy) is 1. The zero-order valence-electron chi connectivity index (χ0n) is 10.4. The number of hydrogen-bond acceptors (Lipinski definition) is 3. The minimum Gasteiger partial charge on any atom is -0.469 e. The van der Waals surface area contributed by atoms with Crippen LogP contribution < -0.4 is 0 Å². The van der Waals surface area contributed by atoms with Crippen molar-refractivity contribution in [2.24, 2.45) is 5.41 Å². The van der Waals surface area contributed by atoms with Crippen LogP contribution >= 0.6 is 0 Å². The van der Waals surface area contributed by atoms with Gasteiger partial charge in [-0.15, -0.1) is 0 Å². The van der Waals surface area contributed by atoms with Gasteiger partial charge in [0.2, 0.25) is 5.91 Å². The Bertz CT molecular complexity index is 273. The quantitative estimate of drug-likeness (QED) is 0.688. The summed E-state index contributed by atoms with van der Waals surface area (Å²) in [4.78, 5) is 25.1. The van der Waals surface area contributed by atoms with Gasteiger partial charge in [0.25, 0.3) is 0 Å². The number of hydrogen-bond donors (Lipinski definition) is 0. The summed E-state index contributed by atoms with van der Waals surface area (Å²) in [6.07, 6.45) is 3.70. The van der Waals surface area contributed by atoms with Gasteiger partial charge in [-0.2, -0.15) is 0 Å². The number of carbonyl (C=O) groups is 2. The van der Waals surface area contributed by atoms with Gasteiger partial charge in [0, 0.05) is 19.5 Å². The minimum atomic E-state index is -0.616. The van der Waals surface area contributed by atoms with E-state index < -0.39 is 5.41 Å². The number of esters is 1. The molecule has 1 amide bonds. The largest absolute Gasteiger partial charge is 0.469 e. The van der Waals surface area contributed by atoms with E-state index in [0.717, 1.165) is 25.8 Å². The molecule has 0 radical (unpaired) electrons. The first kappa shape index (κ1) is 13.0.